The maximum Gasteiger partial charge on any atom is 0.271 e. The van der Waals surface area contributed by atoms with Crippen LogP contribution in [-0.2, 0) is 0 Å². The van der Waals surface area contributed by atoms with Gasteiger partial charge in [-0.25, -0.2) is 9.97 Å². The van der Waals surface area contributed by atoms with Gasteiger partial charge in [-0.15, -0.1) is 0 Å². The van der Waals surface area contributed by atoms with Gasteiger partial charge in [0.25, 0.3) is 5.91 Å². The molecule has 2 N–H and O–H groups in total. The molecule has 1 aliphatic carbocycles. The van der Waals surface area contributed by atoms with Crippen LogP contribution in [0.3, 0.4) is 0 Å². The second-order valence-electron chi connectivity index (χ2n) is 6.28. The van der Waals surface area contributed by atoms with E-state index >= 15 is 0 Å². The average Bonchev–Trinajstić information content (AvgIpc) is 3.20. The lowest BCUT2D eigenvalue weighted by molar-refractivity contribution is 0.0932. The zero-order valence-corrected chi connectivity index (χ0v) is 15.7. The first kappa shape index (κ1) is 18.8. The van der Waals surface area contributed by atoms with Crippen LogP contribution >= 0.6 is 0 Å². The molecule has 27 heavy (non-hydrogen) atoms. The number of nitrogens with one attached hydrogen (secondary N) is 2. The van der Waals surface area contributed by atoms with Crippen molar-refractivity contribution in [2.75, 3.05) is 26.6 Å². The predicted octanol–water partition coefficient (Wildman–Crippen LogP) is 2.92. The van der Waals surface area contributed by atoms with Crippen molar-refractivity contribution in [2.24, 2.45) is 0 Å². The Morgan fingerprint density at radius 3 is 2.19 bits per heavy atom. The summed E-state index contributed by atoms with van der Waals surface area (Å²) < 4.78 is 16.0. The van der Waals surface area contributed by atoms with Crippen LogP contribution < -0.4 is 24.8 Å². The molecule has 1 fully saturated rings. The van der Waals surface area contributed by atoms with Crippen molar-refractivity contribution < 1.29 is 19.0 Å². The Bertz CT molecular complexity index is 764. The molecule has 1 saturated carbocycles. The summed E-state index contributed by atoms with van der Waals surface area (Å²) in [5.74, 6) is 1.88. The highest BCUT2D eigenvalue weighted by Crippen LogP contribution is 2.40. The van der Waals surface area contributed by atoms with Gasteiger partial charge in [0.1, 0.15) is 11.5 Å². The number of nitrogens with zero attached hydrogens (tertiary/aromatic N) is 2. The molecule has 0 radical (unpaired) electrons. The number of hydrogen-bond donors (Lipinski definition) is 2. The molecular weight excluding hydrogens is 348 g/mol. The summed E-state index contributed by atoms with van der Waals surface area (Å²) in [4.78, 5) is 20.7. The van der Waals surface area contributed by atoms with Crippen molar-refractivity contribution in [2.45, 2.75) is 31.7 Å². The standard InChI is InChI=1S/C19H24N4O4/c1-25-15-8-13(9-16(26-2)18(15)27-3)22-17-11-20-14(10-21-17)19(24)23-12-6-4-5-7-12/h8-12H,4-7H2,1-3H3,(H,21,22)(H,23,24). The van der Waals surface area contributed by atoms with E-state index in [0.717, 1.165) is 25.7 Å². The van der Waals surface area contributed by atoms with E-state index < -0.39 is 0 Å². The minimum absolute atomic E-state index is 0.186. The zero-order valence-electron chi connectivity index (χ0n) is 15.7. The van der Waals surface area contributed by atoms with Crippen molar-refractivity contribution in [1.29, 1.82) is 0 Å². The monoisotopic (exact) mass is 372 g/mol. The van der Waals surface area contributed by atoms with E-state index in [4.69, 9.17) is 14.2 Å². The van der Waals surface area contributed by atoms with Gasteiger partial charge in [-0.2, -0.15) is 0 Å². The summed E-state index contributed by atoms with van der Waals surface area (Å²) in [6, 6.07) is 3.78. The molecule has 2 aromatic rings. The normalized spacial score (nSPS) is 13.9. The summed E-state index contributed by atoms with van der Waals surface area (Å²) in [7, 11) is 4.66. The van der Waals surface area contributed by atoms with Gasteiger partial charge in [0.15, 0.2) is 11.5 Å². The van der Waals surface area contributed by atoms with Gasteiger partial charge in [-0.1, -0.05) is 12.8 Å². The number of ether oxygens (including phenoxy) is 3. The Labute approximate surface area is 158 Å². The first-order valence-corrected chi connectivity index (χ1v) is 8.84. The fraction of sp³-hybridized carbons (Fsp3) is 0.421. The molecule has 1 aliphatic rings. The molecule has 8 nitrogen and oxygen atoms in total. The number of amides is 1. The summed E-state index contributed by atoms with van der Waals surface area (Å²) in [5, 5.41) is 6.12. The number of carbonyl (C=O) groups excluding carboxylic acids is 1. The lowest BCUT2D eigenvalue weighted by Gasteiger charge is -2.15. The second-order valence-corrected chi connectivity index (χ2v) is 6.28. The summed E-state index contributed by atoms with van der Waals surface area (Å²) in [5.41, 5.74) is 0.999. The van der Waals surface area contributed by atoms with Crippen molar-refractivity contribution in [1.82, 2.24) is 15.3 Å². The SMILES string of the molecule is COc1cc(Nc2cnc(C(=O)NC3CCCC3)cn2)cc(OC)c1OC. The number of hydrogen-bond acceptors (Lipinski definition) is 7. The molecule has 0 bridgehead atoms. The van der Waals surface area contributed by atoms with Crippen LogP contribution in [0.4, 0.5) is 11.5 Å². The number of aromatic nitrogens is 2. The van der Waals surface area contributed by atoms with Crippen LogP contribution in [0.2, 0.25) is 0 Å². The molecule has 0 aliphatic heterocycles. The third-order valence-corrected chi connectivity index (χ3v) is 4.51. The fourth-order valence-electron chi connectivity index (χ4n) is 3.14. The number of methoxy groups -OCH3 is 3. The maximum absolute atomic E-state index is 12.2. The summed E-state index contributed by atoms with van der Waals surface area (Å²) in [6.45, 7) is 0. The van der Waals surface area contributed by atoms with Crippen LogP contribution in [0.25, 0.3) is 0 Å². The van der Waals surface area contributed by atoms with Gasteiger partial charge >= 0.3 is 0 Å². The highest BCUT2D eigenvalue weighted by molar-refractivity contribution is 5.92. The minimum atomic E-state index is -0.186. The Morgan fingerprint density at radius 2 is 1.67 bits per heavy atom. The molecule has 3 rings (SSSR count). The van der Waals surface area contributed by atoms with Crippen molar-refractivity contribution in [3.63, 3.8) is 0 Å². The Hall–Kier alpha value is -3.03. The summed E-state index contributed by atoms with van der Waals surface area (Å²) >= 11 is 0. The maximum atomic E-state index is 12.2. The number of anilines is 2. The zero-order chi connectivity index (χ0) is 19.2. The van der Waals surface area contributed by atoms with E-state index in [-0.39, 0.29) is 11.9 Å². The van der Waals surface area contributed by atoms with Gasteiger partial charge in [-0.3, -0.25) is 4.79 Å². The molecule has 0 saturated heterocycles. The Kier molecular flexibility index (Phi) is 5.95. The second kappa shape index (κ2) is 8.57. The van der Waals surface area contributed by atoms with Crippen LogP contribution in [0.15, 0.2) is 24.5 Å². The van der Waals surface area contributed by atoms with E-state index in [2.05, 4.69) is 20.6 Å². The molecule has 8 heteroatoms. The van der Waals surface area contributed by atoms with Crippen molar-refractivity contribution in [3.05, 3.63) is 30.2 Å². The largest absolute Gasteiger partial charge is 0.493 e. The van der Waals surface area contributed by atoms with Gasteiger partial charge in [0.05, 0.1) is 33.7 Å². The van der Waals surface area contributed by atoms with Crippen LogP contribution in [0.5, 0.6) is 17.2 Å². The molecule has 0 spiro atoms. The van der Waals surface area contributed by atoms with E-state index in [9.17, 15) is 4.79 Å². The van der Waals surface area contributed by atoms with Crippen LogP contribution in [0.1, 0.15) is 36.2 Å². The van der Waals surface area contributed by atoms with Gasteiger partial charge in [0, 0.05) is 23.9 Å². The van der Waals surface area contributed by atoms with Gasteiger partial charge in [0.2, 0.25) is 5.75 Å². The van der Waals surface area contributed by atoms with Crippen LogP contribution in [-0.4, -0.2) is 43.2 Å². The number of benzene rings is 1. The lowest BCUT2D eigenvalue weighted by Crippen LogP contribution is -2.33. The predicted molar refractivity (Wildman–Crippen MR) is 101 cm³/mol. The highest BCUT2D eigenvalue weighted by Gasteiger charge is 2.19. The molecule has 144 valence electrons. The topological polar surface area (TPSA) is 94.6 Å². The molecule has 1 amide bonds. The van der Waals surface area contributed by atoms with Crippen molar-refractivity contribution in [3.8, 4) is 17.2 Å². The van der Waals surface area contributed by atoms with Crippen molar-refractivity contribution >= 4 is 17.4 Å². The van der Waals surface area contributed by atoms with Gasteiger partial charge < -0.3 is 24.8 Å². The van der Waals surface area contributed by atoms with E-state index in [0.29, 0.717) is 34.4 Å². The Balaban J connectivity index is 1.71. The first-order valence-electron chi connectivity index (χ1n) is 8.84. The summed E-state index contributed by atoms with van der Waals surface area (Å²) in [6.07, 6.45) is 7.36. The number of carbonyl (C=O) groups is 1. The fourth-order valence-corrected chi connectivity index (χ4v) is 3.14. The van der Waals surface area contributed by atoms with E-state index in [1.54, 1.807) is 33.5 Å². The van der Waals surface area contributed by atoms with E-state index in [1.807, 2.05) is 0 Å². The molecular formula is C19H24N4O4. The van der Waals surface area contributed by atoms with Gasteiger partial charge in [-0.05, 0) is 12.8 Å². The smallest absolute Gasteiger partial charge is 0.271 e. The third kappa shape index (κ3) is 4.39. The minimum Gasteiger partial charge on any atom is -0.493 e. The Morgan fingerprint density at radius 1 is 1.00 bits per heavy atom. The molecule has 1 heterocycles. The third-order valence-electron chi connectivity index (χ3n) is 4.51. The highest BCUT2D eigenvalue weighted by atomic mass is 16.5. The molecule has 0 atom stereocenters. The first-order chi connectivity index (χ1) is 13.1. The quantitative estimate of drug-likeness (QED) is 0.771. The molecule has 0 unspecified atom stereocenters. The van der Waals surface area contributed by atoms with E-state index in [1.165, 1.54) is 12.4 Å². The molecule has 1 aromatic carbocycles. The number of rotatable bonds is 7. The lowest BCUT2D eigenvalue weighted by atomic mass is 10.2. The molecule has 1 aromatic heterocycles. The average molecular weight is 372 g/mol. The van der Waals surface area contributed by atoms with Crippen LogP contribution in [0, 0.1) is 0 Å².